The molecule has 6 nitrogen and oxygen atoms in total. The molecular weight excluding hydrogens is 381 g/mol. The van der Waals surface area contributed by atoms with Gasteiger partial charge in [0.25, 0.3) is 10.9 Å². The Balaban J connectivity index is 2.01. The number of hydrogen-bond donors (Lipinski definition) is 0. The number of hydrogen-bond acceptors (Lipinski definition) is 5. The van der Waals surface area contributed by atoms with Crippen molar-refractivity contribution in [1.29, 1.82) is 0 Å². The maximum atomic E-state index is 11.7. The Morgan fingerprint density at radius 3 is 2.42 bits per heavy atom. The number of non-ortho nitro benzene ring substituents is 1. The molecule has 0 aliphatic heterocycles. The molecule has 0 amide bonds. The first-order chi connectivity index (χ1) is 12.3. The van der Waals surface area contributed by atoms with E-state index in [0.29, 0.717) is 5.75 Å². The molecule has 0 aromatic heterocycles. The fourth-order valence-electron chi connectivity index (χ4n) is 2.34. The van der Waals surface area contributed by atoms with Crippen LogP contribution in [0, 0.1) is 24.0 Å². The van der Waals surface area contributed by atoms with Crippen molar-refractivity contribution in [3.8, 4) is 11.5 Å². The van der Waals surface area contributed by atoms with Crippen molar-refractivity contribution in [2.75, 3.05) is 6.61 Å². The summed E-state index contributed by atoms with van der Waals surface area (Å²) < 4.78 is 11.3. The van der Waals surface area contributed by atoms with E-state index in [1.807, 2.05) is 32.0 Å². The Morgan fingerprint density at radius 1 is 1.23 bits per heavy atom. The van der Waals surface area contributed by atoms with Crippen LogP contribution in [0.4, 0.5) is 5.69 Å². The van der Waals surface area contributed by atoms with Gasteiger partial charge in [-0.05, 0) is 42.6 Å². The average molecular weight is 398 g/mol. The number of aryl methyl sites for hydroxylation is 2. The molecule has 1 unspecified atom stereocenters. The van der Waals surface area contributed by atoms with Crippen molar-refractivity contribution in [3.05, 3.63) is 62.7 Å². The summed E-state index contributed by atoms with van der Waals surface area (Å²) >= 11 is 11.6. The highest BCUT2D eigenvalue weighted by atomic mass is 35.5. The Kier molecular flexibility index (Phi) is 6.83. The van der Waals surface area contributed by atoms with E-state index in [2.05, 4.69) is 0 Å². The number of ether oxygens (including phenoxy) is 2. The third-order valence-electron chi connectivity index (χ3n) is 3.69. The Labute approximate surface area is 160 Å². The van der Waals surface area contributed by atoms with Crippen molar-refractivity contribution in [2.24, 2.45) is 0 Å². The summed E-state index contributed by atoms with van der Waals surface area (Å²) in [4.78, 5) is 21.8. The van der Waals surface area contributed by atoms with Crippen molar-refractivity contribution < 1.29 is 19.2 Å². The number of nitro groups is 1. The monoisotopic (exact) mass is 397 g/mol. The zero-order chi connectivity index (χ0) is 19.3. The molecule has 2 rings (SSSR count). The van der Waals surface area contributed by atoms with Crippen LogP contribution in [0.15, 0.2) is 36.4 Å². The van der Waals surface area contributed by atoms with E-state index in [1.165, 1.54) is 18.2 Å². The van der Waals surface area contributed by atoms with Gasteiger partial charge in [-0.15, -0.1) is 0 Å². The number of carbonyl (C=O) groups excluding carboxylic acids is 1. The predicted octanol–water partition coefficient (Wildman–Crippen LogP) is 4.85. The largest absolute Gasteiger partial charge is 0.492 e. The lowest BCUT2D eigenvalue weighted by atomic mass is 10.1. The Morgan fingerprint density at radius 2 is 1.88 bits per heavy atom. The van der Waals surface area contributed by atoms with Gasteiger partial charge in [0.15, 0.2) is 6.10 Å². The molecule has 138 valence electrons. The molecule has 0 spiro atoms. The molecule has 26 heavy (non-hydrogen) atoms. The van der Waals surface area contributed by atoms with Crippen molar-refractivity contribution >= 4 is 34.1 Å². The van der Waals surface area contributed by atoms with Gasteiger partial charge in [0.2, 0.25) is 0 Å². The minimum absolute atomic E-state index is 0.103. The van der Waals surface area contributed by atoms with Gasteiger partial charge in [-0.2, -0.15) is 0 Å². The second kappa shape index (κ2) is 8.87. The molecule has 0 fully saturated rings. The van der Waals surface area contributed by atoms with Crippen LogP contribution in [0.5, 0.6) is 11.5 Å². The van der Waals surface area contributed by atoms with Crippen LogP contribution in [-0.4, -0.2) is 22.9 Å². The fourth-order valence-corrected chi connectivity index (χ4v) is 2.73. The highest BCUT2D eigenvalue weighted by molar-refractivity contribution is 6.64. The minimum Gasteiger partial charge on any atom is -0.492 e. The lowest BCUT2D eigenvalue weighted by molar-refractivity contribution is -0.384. The minimum atomic E-state index is -0.881. The van der Waals surface area contributed by atoms with Gasteiger partial charge in [-0.25, -0.2) is 0 Å². The summed E-state index contributed by atoms with van der Waals surface area (Å²) in [5, 5.41) is 10.2. The van der Waals surface area contributed by atoms with Crippen LogP contribution >= 0.6 is 23.2 Å². The van der Waals surface area contributed by atoms with E-state index in [4.69, 9.17) is 32.7 Å². The molecule has 2 aromatic rings. The van der Waals surface area contributed by atoms with E-state index in [1.54, 1.807) is 0 Å². The maximum Gasteiger partial charge on any atom is 0.271 e. The average Bonchev–Trinajstić information content (AvgIpc) is 2.57. The van der Waals surface area contributed by atoms with Crippen LogP contribution in [0.3, 0.4) is 0 Å². The summed E-state index contributed by atoms with van der Waals surface area (Å²) in [6.07, 6.45) is -0.683. The quantitative estimate of drug-likeness (QED) is 0.361. The summed E-state index contributed by atoms with van der Waals surface area (Å²) in [6, 6.07) is 9.56. The SMILES string of the molecule is Cc1cccc(C)c1OC(CCOc1ccc([N+](=O)[O-])cc1Cl)C(=O)Cl. The smallest absolute Gasteiger partial charge is 0.271 e. The molecule has 0 N–H and O–H groups in total. The number of nitro benzene ring substituents is 1. The summed E-state index contributed by atoms with van der Waals surface area (Å²) in [7, 11) is 0. The van der Waals surface area contributed by atoms with Crippen LogP contribution in [0.1, 0.15) is 17.5 Å². The third-order valence-corrected chi connectivity index (χ3v) is 4.22. The molecule has 8 heteroatoms. The van der Waals surface area contributed by atoms with Crippen LogP contribution in [-0.2, 0) is 4.79 Å². The number of para-hydroxylation sites is 1. The van der Waals surface area contributed by atoms with Crippen molar-refractivity contribution in [2.45, 2.75) is 26.4 Å². The lowest BCUT2D eigenvalue weighted by Gasteiger charge is -2.19. The van der Waals surface area contributed by atoms with E-state index >= 15 is 0 Å². The highest BCUT2D eigenvalue weighted by Crippen LogP contribution is 2.29. The van der Waals surface area contributed by atoms with Crippen molar-refractivity contribution in [1.82, 2.24) is 0 Å². The molecule has 0 aliphatic carbocycles. The fraction of sp³-hybridized carbons (Fsp3) is 0.278. The number of halogens is 2. The van der Waals surface area contributed by atoms with E-state index in [9.17, 15) is 14.9 Å². The van der Waals surface area contributed by atoms with Gasteiger partial charge >= 0.3 is 0 Å². The Hall–Kier alpha value is -2.31. The van der Waals surface area contributed by atoms with Gasteiger partial charge in [-0.1, -0.05) is 29.8 Å². The van der Waals surface area contributed by atoms with Crippen molar-refractivity contribution in [3.63, 3.8) is 0 Å². The normalized spacial score (nSPS) is 11.7. The number of nitrogens with zero attached hydrogens (tertiary/aromatic N) is 1. The molecule has 2 aromatic carbocycles. The van der Waals surface area contributed by atoms with Gasteiger partial charge in [-0.3, -0.25) is 14.9 Å². The van der Waals surface area contributed by atoms with Crippen LogP contribution in [0.2, 0.25) is 5.02 Å². The second-order valence-corrected chi connectivity index (χ2v) is 6.42. The van der Waals surface area contributed by atoms with E-state index in [0.717, 1.165) is 11.1 Å². The lowest BCUT2D eigenvalue weighted by Crippen LogP contribution is -2.26. The third kappa shape index (κ3) is 5.09. The second-order valence-electron chi connectivity index (χ2n) is 5.64. The first-order valence-electron chi connectivity index (χ1n) is 7.78. The standard InChI is InChI=1S/C18H17Cl2NO5/c1-11-4-3-5-12(2)17(11)26-16(18(20)22)8-9-25-15-7-6-13(21(23)24)10-14(15)19/h3-7,10,16H,8-9H2,1-2H3. The topological polar surface area (TPSA) is 78.7 Å². The molecule has 0 saturated carbocycles. The van der Waals surface area contributed by atoms with Gasteiger partial charge in [0, 0.05) is 18.6 Å². The molecule has 0 aliphatic rings. The van der Waals surface area contributed by atoms with E-state index < -0.39 is 16.3 Å². The number of benzene rings is 2. The zero-order valence-corrected chi connectivity index (χ0v) is 15.7. The highest BCUT2D eigenvalue weighted by Gasteiger charge is 2.21. The van der Waals surface area contributed by atoms with E-state index in [-0.39, 0.29) is 29.5 Å². The molecule has 0 radical (unpaired) electrons. The summed E-state index contributed by atoms with van der Waals surface area (Å²) in [5.74, 6) is 0.893. The summed E-state index contributed by atoms with van der Waals surface area (Å²) in [5.41, 5.74) is 1.66. The van der Waals surface area contributed by atoms with Gasteiger partial charge in [0.05, 0.1) is 16.6 Å². The van der Waals surface area contributed by atoms with Gasteiger partial charge < -0.3 is 9.47 Å². The molecular formula is C18H17Cl2NO5. The van der Waals surface area contributed by atoms with Gasteiger partial charge in [0.1, 0.15) is 11.5 Å². The number of rotatable bonds is 8. The molecule has 1 atom stereocenters. The molecule has 0 bridgehead atoms. The van der Waals surface area contributed by atoms with Crippen LogP contribution in [0.25, 0.3) is 0 Å². The molecule has 0 heterocycles. The predicted molar refractivity (Wildman–Crippen MR) is 99.4 cm³/mol. The molecule has 0 saturated heterocycles. The zero-order valence-electron chi connectivity index (χ0n) is 14.2. The first kappa shape index (κ1) is 20.0. The first-order valence-corrected chi connectivity index (χ1v) is 8.54. The van der Waals surface area contributed by atoms with Crippen LogP contribution < -0.4 is 9.47 Å². The Bertz CT molecular complexity index is 805. The maximum absolute atomic E-state index is 11.7. The summed E-state index contributed by atoms with van der Waals surface area (Å²) in [6.45, 7) is 3.86. The number of carbonyl (C=O) groups is 1.